The summed E-state index contributed by atoms with van der Waals surface area (Å²) in [4.78, 5) is 23.5. The predicted molar refractivity (Wildman–Crippen MR) is 94.8 cm³/mol. The van der Waals surface area contributed by atoms with Crippen LogP contribution < -0.4 is 0 Å². The summed E-state index contributed by atoms with van der Waals surface area (Å²) in [5.41, 5.74) is 2.89. The van der Waals surface area contributed by atoms with E-state index in [4.69, 9.17) is 9.47 Å². The number of esters is 2. The van der Waals surface area contributed by atoms with E-state index in [-0.39, 0.29) is 5.57 Å². The molecular weight excluding hydrogens is 322 g/mol. The second kappa shape index (κ2) is 7.70. The zero-order valence-electron chi connectivity index (χ0n) is 15.0. The van der Waals surface area contributed by atoms with Crippen molar-refractivity contribution in [1.82, 2.24) is 4.57 Å². The van der Waals surface area contributed by atoms with E-state index in [2.05, 4.69) is 4.74 Å². The number of ether oxygens (including phenoxy) is 3. The van der Waals surface area contributed by atoms with Crippen molar-refractivity contribution in [3.8, 4) is 0 Å². The molecule has 1 heterocycles. The molecule has 0 bridgehead atoms. The number of rotatable bonds is 5. The first-order chi connectivity index (χ1) is 11.9. The number of benzene rings is 1. The molecular formula is C19H21NO5. The Morgan fingerprint density at radius 1 is 1.00 bits per heavy atom. The van der Waals surface area contributed by atoms with Crippen LogP contribution in [0.4, 0.5) is 0 Å². The Bertz CT molecular complexity index is 873. The molecule has 0 aliphatic carbocycles. The first kappa shape index (κ1) is 18.3. The molecule has 0 aliphatic heterocycles. The minimum absolute atomic E-state index is 0.0403. The van der Waals surface area contributed by atoms with Crippen LogP contribution in [0.3, 0.4) is 0 Å². The number of para-hydroxylation sites is 1. The Balaban J connectivity index is 2.68. The maximum Gasteiger partial charge on any atom is 0.338 e. The maximum absolute atomic E-state index is 12.0. The van der Waals surface area contributed by atoms with Crippen molar-refractivity contribution >= 4 is 28.6 Å². The van der Waals surface area contributed by atoms with Crippen LogP contribution in [0.1, 0.15) is 11.3 Å². The number of aryl methyl sites for hydroxylation is 1. The highest BCUT2D eigenvalue weighted by molar-refractivity contribution is 6.01. The molecule has 2 rings (SSSR count). The zero-order valence-corrected chi connectivity index (χ0v) is 15.0. The van der Waals surface area contributed by atoms with Gasteiger partial charge in [-0.2, -0.15) is 0 Å². The fraction of sp³-hybridized carbons (Fsp3) is 0.263. The third-order valence-electron chi connectivity index (χ3n) is 4.05. The number of nitrogens with zero attached hydrogens (tertiary/aromatic N) is 1. The quantitative estimate of drug-likeness (QED) is 0.361. The molecule has 1 aromatic carbocycles. The van der Waals surface area contributed by atoms with Gasteiger partial charge in [-0.05, 0) is 19.1 Å². The standard InChI is InChI=1S/C19H21NO5/c1-12-18(14-8-6-7-9-15(14)20(12)2)16(23-3)10-13(19(22)25-5)11-17(21)24-4/h6-11H,1-5H3/b13-11-,16-10-. The highest BCUT2D eigenvalue weighted by Gasteiger charge is 2.18. The molecule has 0 radical (unpaired) electrons. The van der Waals surface area contributed by atoms with Crippen molar-refractivity contribution in [3.63, 3.8) is 0 Å². The Morgan fingerprint density at radius 2 is 1.68 bits per heavy atom. The van der Waals surface area contributed by atoms with E-state index >= 15 is 0 Å². The molecule has 0 spiro atoms. The molecule has 0 unspecified atom stereocenters. The van der Waals surface area contributed by atoms with Gasteiger partial charge in [0.1, 0.15) is 5.76 Å². The van der Waals surface area contributed by atoms with Crippen molar-refractivity contribution < 1.29 is 23.8 Å². The van der Waals surface area contributed by atoms with Crippen LogP contribution in [0.25, 0.3) is 16.7 Å². The Labute approximate surface area is 146 Å². The molecule has 132 valence electrons. The molecule has 0 amide bonds. The first-order valence-electron chi connectivity index (χ1n) is 7.62. The lowest BCUT2D eigenvalue weighted by Crippen LogP contribution is -2.07. The van der Waals surface area contributed by atoms with E-state index < -0.39 is 11.9 Å². The van der Waals surface area contributed by atoms with Gasteiger partial charge in [-0.3, -0.25) is 0 Å². The van der Waals surface area contributed by atoms with Crippen molar-refractivity contribution in [1.29, 1.82) is 0 Å². The van der Waals surface area contributed by atoms with Gasteiger partial charge < -0.3 is 18.8 Å². The van der Waals surface area contributed by atoms with Crippen LogP contribution in [-0.4, -0.2) is 37.8 Å². The van der Waals surface area contributed by atoms with Crippen LogP contribution in [0.2, 0.25) is 0 Å². The minimum Gasteiger partial charge on any atom is -0.496 e. The normalized spacial score (nSPS) is 12.2. The molecule has 25 heavy (non-hydrogen) atoms. The summed E-state index contributed by atoms with van der Waals surface area (Å²) < 4.78 is 16.9. The van der Waals surface area contributed by atoms with Crippen molar-refractivity contribution in [3.05, 3.63) is 53.2 Å². The van der Waals surface area contributed by atoms with Gasteiger partial charge in [0.15, 0.2) is 0 Å². The summed E-state index contributed by atoms with van der Waals surface area (Å²) in [6.45, 7) is 1.96. The number of carbonyl (C=O) groups excluding carboxylic acids is 2. The molecule has 0 N–H and O–H groups in total. The average Bonchev–Trinajstić information content (AvgIpc) is 2.89. The van der Waals surface area contributed by atoms with Crippen LogP contribution in [0, 0.1) is 6.92 Å². The van der Waals surface area contributed by atoms with E-state index in [1.807, 2.05) is 42.8 Å². The number of aromatic nitrogens is 1. The van der Waals surface area contributed by atoms with Gasteiger partial charge in [-0.1, -0.05) is 18.2 Å². The maximum atomic E-state index is 12.0. The van der Waals surface area contributed by atoms with Crippen LogP contribution in [0.15, 0.2) is 42.0 Å². The van der Waals surface area contributed by atoms with Gasteiger partial charge >= 0.3 is 11.9 Å². The van der Waals surface area contributed by atoms with Crippen molar-refractivity contribution in [2.24, 2.45) is 7.05 Å². The molecule has 0 saturated heterocycles. The van der Waals surface area contributed by atoms with Gasteiger partial charge in [0.25, 0.3) is 0 Å². The second-order valence-corrected chi connectivity index (χ2v) is 5.36. The second-order valence-electron chi connectivity index (χ2n) is 5.36. The van der Waals surface area contributed by atoms with Crippen molar-refractivity contribution in [2.75, 3.05) is 21.3 Å². The third kappa shape index (κ3) is 3.57. The Hall–Kier alpha value is -3.02. The largest absolute Gasteiger partial charge is 0.496 e. The molecule has 1 aromatic heterocycles. The smallest absolute Gasteiger partial charge is 0.338 e. The average molecular weight is 343 g/mol. The molecule has 6 heteroatoms. The lowest BCUT2D eigenvalue weighted by Gasteiger charge is -2.09. The first-order valence-corrected chi connectivity index (χ1v) is 7.62. The van der Waals surface area contributed by atoms with E-state index in [0.717, 1.165) is 28.2 Å². The molecule has 2 aromatic rings. The monoisotopic (exact) mass is 343 g/mol. The zero-order chi connectivity index (χ0) is 18.6. The number of fused-ring (bicyclic) bond motifs is 1. The van der Waals surface area contributed by atoms with Crippen LogP contribution in [0.5, 0.6) is 0 Å². The SMILES string of the molecule is COC(=O)/C=C(/C=C(\OC)c1c(C)n(C)c2ccccc12)C(=O)OC. The van der Waals surface area contributed by atoms with Gasteiger partial charge in [0.2, 0.25) is 0 Å². The summed E-state index contributed by atoms with van der Waals surface area (Å²) in [6, 6.07) is 7.87. The van der Waals surface area contributed by atoms with Gasteiger partial charge in [-0.15, -0.1) is 0 Å². The van der Waals surface area contributed by atoms with Crippen LogP contribution >= 0.6 is 0 Å². The summed E-state index contributed by atoms with van der Waals surface area (Å²) in [5, 5.41) is 0.984. The topological polar surface area (TPSA) is 66.8 Å². The van der Waals surface area contributed by atoms with Gasteiger partial charge in [-0.25, -0.2) is 9.59 Å². The summed E-state index contributed by atoms with van der Waals surface area (Å²) >= 11 is 0. The summed E-state index contributed by atoms with van der Waals surface area (Å²) in [5.74, 6) is -0.852. The fourth-order valence-corrected chi connectivity index (χ4v) is 2.67. The summed E-state index contributed by atoms with van der Waals surface area (Å²) in [7, 11) is 5.96. The fourth-order valence-electron chi connectivity index (χ4n) is 2.67. The number of hydrogen-bond donors (Lipinski definition) is 0. The lowest BCUT2D eigenvalue weighted by atomic mass is 10.1. The molecule has 0 aliphatic rings. The highest BCUT2D eigenvalue weighted by Crippen LogP contribution is 2.31. The van der Waals surface area contributed by atoms with E-state index in [1.165, 1.54) is 27.4 Å². The number of methoxy groups -OCH3 is 3. The lowest BCUT2D eigenvalue weighted by molar-refractivity contribution is -0.138. The third-order valence-corrected chi connectivity index (χ3v) is 4.05. The Kier molecular flexibility index (Phi) is 5.64. The summed E-state index contributed by atoms with van der Waals surface area (Å²) in [6.07, 6.45) is 2.56. The minimum atomic E-state index is -0.655. The predicted octanol–water partition coefficient (Wildman–Crippen LogP) is 2.75. The molecule has 0 saturated carbocycles. The number of carbonyl (C=O) groups is 2. The molecule has 0 atom stereocenters. The van der Waals surface area contributed by atoms with E-state index in [1.54, 1.807) is 0 Å². The van der Waals surface area contributed by atoms with Gasteiger partial charge in [0, 0.05) is 35.3 Å². The van der Waals surface area contributed by atoms with E-state index in [9.17, 15) is 9.59 Å². The number of hydrogen-bond acceptors (Lipinski definition) is 5. The molecule has 6 nitrogen and oxygen atoms in total. The molecule has 0 fully saturated rings. The Morgan fingerprint density at radius 3 is 2.28 bits per heavy atom. The van der Waals surface area contributed by atoms with Crippen molar-refractivity contribution in [2.45, 2.75) is 6.92 Å². The van der Waals surface area contributed by atoms with E-state index in [0.29, 0.717) is 5.76 Å². The van der Waals surface area contributed by atoms with Crippen LogP contribution in [-0.2, 0) is 30.8 Å². The van der Waals surface area contributed by atoms with Gasteiger partial charge in [0.05, 0.1) is 26.9 Å². The highest BCUT2D eigenvalue weighted by atomic mass is 16.5.